The number of para-hydroxylation sites is 1. The molecule has 0 aliphatic carbocycles. The third-order valence-corrected chi connectivity index (χ3v) is 4.67. The van der Waals surface area contributed by atoms with Crippen LogP contribution in [0.3, 0.4) is 0 Å². The average molecular weight is 260 g/mol. The lowest BCUT2D eigenvalue weighted by molar-refractivity contribution is 0.172. The summed E-state index contributed by atoms with van der Waals surface area (Å²) in [7, 11) is 0. The van der Waals surface area contributed by atoms with E-state index in [4.69, 9.17) is 9.47 Å². The Morgan fingerprint density at radius 1 is 1.21 bits per heavy atom. The topological polar surface area (TPSA) is 33.7 Å². The fourth-order valence-electron chi connectivity index (χ4n) is 3.59. The van der Waals surface area contributed by atoms with Gasteiger partial charge in [-0.1, -0.05) is 12.1 Å². The van der Waals surface area contributed by atoms with Gasteiger partial charge in [-0.2, -0.15) is 0 Å². The summed E-state index contributed by atoms with van der Waals surface area (Å²) >= 11 is 0. The van der Waals surface area contributed by atoms with Crippen molar-refractivity contribution in [1.82, 2.24) is 10.2 Å². The fourth-order valence-corrected chi connectivity index (χ4v) is 3.59. The van der Waals surface area contributed by atoms with Crippen LogP contribution in [-0.2, 0) is 6.54 Å². The Bertz CT molecular complexity index is 477. The molecule has 0 amide bonds. The molecule has 102 valence electrons. The van der Waals surface area contributed by atoms with E-state index in [0.29, 0.717) is 12.8 Å². The van der Waals surface area contributed by atoms with Crippen molar-refractivity contribution in [2.45, 2.75) is 25.4 Å². The quantitative estimate of drug-likeness (QED) is 0.895. The number of piperidine rings is 1. The summed E-state index contributed by atoms with van der Waals surface area (Å²) in [6.07, 6.45) is 2.63. The maximum Gasteiger partial charge on any atom is 0.231 e. The molecule has 3 atom stereocenters. The number of hydrogen-bond acceptors (Lipinski definition) is 4. The van der Waals surface area contributed by atoms with Crippen molar-refractivity contribution < 1.29 is 9.47 Å². The molecular formula is C15H20N2O2. The SMILES string of the molecule is c1cc(CNC2CCN3CCC2C3)c2c(c1)OCO2. The van der Waals surface area contributed by atoms with Gasteiger partial charge in [0, 0.05) is 24.7 Å². The van der Waals surface area contributed by atoms with Gasteiger partial charge >= 0.3 is 0 Å². The van der Waals surface area contributed by atoms with Crippen LogP contribution in [0, 0.1) is 5.92 Å². The molecule has 3 heterocycles. The van der Waals surface area contributed by atoms with Crippen molar-refractivity contribution in [3.05, 3.63) is 23.8 Å². The normalized spacial score (nSPS) is 31.7. The second kappa shape index (κ2) is 4.69. The summed E-state index contributed by atoms with van der Waals surface area (Å²) in [5.41, 5.74) is 1.22. The van der Waals surface area contributed by atoms with Crippen LogP contribution >= 0.6 is 0 Å². The molecule has 1 N–H and O–H groups in total. The minimum absolute atomic E-state index is 0.355. The highest BCUT2D eigenvalue weighted by Crippen LogP contribution is 2.35. The van der Waals surface area contributed by atoms with Crippen LogP contribution in [0.25, 0.3) is 0 Å². The van der Waals surface area contributed by atoms with Crippen LogP contribution in [0.1, 0.15) is 18.4 Å². The van der Waals surface area contributed by atoms with Crippen LogP contribution < -0.4 is 14.8 Å². The fraction of sp³-hybridized carbons (Fsp3) is 0.600. The molecule has 4 rings (SSSR count). The van der Waals surface area contributed by atoms with Crippen molar-refractivity contribution in [3.63, 3.8) is 0 Å². The number of nitrogens with one attached hydrogen (secondary N) is 1. The van der Waals surface area contributed by atoms with Gasteiger partial charge in [0.1, 0.15) is 0 Å². The van der Waals surface area contributed by atoms with Gasteiger partial charge < -0.3 is 19.7 Å². The molecule has 0 aromatic heterocycles. The second-order valence-corrected chi connectivity index (χ2v) is 5.78. The zero-order valence-corrected chi connectivity index (χ0v) is 11.1. The molecule has 1 aromatic carbocycles. The molecule has 19 heavy (non-hydrogen) atoms. The first-order valence-electron chi connectivity index (χ1n) is 7.23. The van der Waals surface area contributed by atoms with E-state index in [1.54, 1.807) is 0 Å². The lowest BCUT2D eigenvalue weighted by atomic mass is 9.94. The summed E-state index contributed by atoms with van der Waals surface area (Å²) < 4.78 is 11.0. The lowest BCUT2D eigenvalue weighted by Gasteiger charge is -2.31. The minimum Gasteiger partial charge on any atom is -0.454 e. The highest BCUT2D eigenvalue weighted by molar-refractivity contribution is 5.48. The van der Waals surface area contributed by atoms with Crippen LogP contribution in [0.5, 0.6) is 11.5 Å². The molecule has 3 aliphatic rings. The first-order valence-corrected chi connectivity index (χ1v) is 7.23. The summed E-state index contributed by atoms with van der Waals surface area (Å²) in [6.45, 7) is 5.06. The van der Waals surface area contributed by atoms with Crippen molar-refractivity contribution >= 4 is 0 Å². The molecule has 3 aliphatic heterocycles. The van der Waals surface area contributed by atoms with Crippen molar-refractivity contribution in [2.75, 3.05) is 26.4 Å². The molecule has 0 radical (unpaired) electrons. The van der Waals surface area contributed by atoms with Gasteiger partial charge in [-0.05, 0) is 37.9 Å². The standard InChI is InChI=1S/C15H20N2O2/c1-2-11(15-14(3-1)18-10-19-15)8-16-13-5-7-17-6-4-12(13)9-17/h1-3,12-13,16H,4-10H2. The Hall–Kier alpha value is -1.26. The largest absolute Gasteiger partial charge is 0.454 e. The Kier molecular flexibility index (Phi) is 2.85. The predicted octanol–water partition coefficient (Wildman–Crippen LogP) is 1.60. The van der Waals surface area contributed by atoms with Gasteiger partial charge in [-0.15, -0.1) is 0 Å². The lowest BCUT2D eigenvalue weighted by Crippen LogP contribution is -2.43. The second-order valence-electron chi connectivity index (χ2n) is 5.78. The Morgan fingerprint density at radius 2 is 2.16 bits per heavy atom. The maximum atomic E-state index is 5.56. The van der Waals surface area contributed by atoms with E-state index in [1.807, 2.05) is 12.1 Å². The van der Waals surface area contributed by atoms with Crippen molar-refractivity contribution in [3.8, 4) is 11.5 Å². The molecule has 0 saturated carbocycles. The van der Waals surface area contributed by atoms with Gasteiger partial charge in [0.2, 0.25) is 6.79 Å². The smallest absolute Gasteiger partial charge is 0.231 e. The number of nitrogens with zero attached hydrogens (tertiary/aromatic N) is 1. The van der Waals surface area contributed by atoms with E-state index < -0.39 is 0 Å². The number of hydrogen-bond donors (Lipinski definition) is 1. The monoisotopic (exact) mass is 260 g/mol. The van der Waals surface area contributed by atoms with E-state index in [2.05, 4.69) is 16.3 Å². The average Bonchev–Trinajstić information content (AvgIpc) is 3.05. The highest BCUT2D eigenvalue weighted by atomic mass is 16.7. The van der Waals surface area contributed by atoms with Gasteiger partial charge in [-0.3, -0.25) is 0 Å². The van der Waals surface area contributed by atoms with E-state index in [0.717, 1.165) is 24.0 Å². The molecule has 2 fully saturated rings. The Morgan fingerprint density at radius 3 is 3.16 bits per heavy atom. The molecular weight excluding hydrogens is 240 g/mol. The van der Waals surface area contributed by atoms with Crippen LogP contribution in [-0.4, -0.2) is 37.4 Å². The summed E-state index contributed by atoms with van der Waals surface area (Å²) in [5.74, 6) is 2.65. The van der Waals surface area contributed by atoms with Gasteiger partial charge in [0.25, 0.3) is 0 Å². The zero-order valence-electron chi connectivity index (χ0n) is 11.1. The number of rotatable bonds is 3. The third kappa shape index (κ3) is 2.09. The van der Waals surface area contributed by atoms with Crippen LogP contribution in [0.15, 0.2) is 18.2 Å². The molecule has 2 saturated heterocycles. The first-order chi connectivity index (χ1) is 9.40. The highest BCUT2D eigenvalue weighted by Gasteiger charge is 2.33. The first kappa shape index (κ1) is 11.6. The number of ether oxygens (including phenoxy) is 2. The molecule has 4 heteroatoms. The third-order valence-electron chi connectivity index (χ3n) is 4.67. The van der Waals surface area contributed by atoms with E-state index in [9.17, 15) is 0 Å². The van der Waals surface area contributed by atoms with E-state index in [-0.39, 0.29) is 0 Å². The van der Waals surface area contributed by atoms with E-state index in [1.165, 1.54) is 38.0 Å². The molecule has 0 spiro atoms. The minimum atomic E-state index is 0.355. The zero-order chi connectivity index (χ0) is 12.7. The predicted molar refractivity (Wildman–Crippen MR) is 72.4 cm³/mol. The Balaban J connectivity index is 1.44. The maximum absolute atomic E-state index is 5.56. The summed E-state index contributed by atoms with van der Waals surface area (Å²) in [5, 5.41) is 3.73. The van der Waals surface area contributed by atoms with Crippen LogP contribution in [0.2, 0.25) is 0 Å². The van der Waals surface area contributed by atoms with Gasteiger partial charge in [0.05, 0.1) is 0 Å². The van der Waals surface area contributed by atoms with Gasteiger partial charge in [0.15, 0.2) is 11.5 Å². The number of benzene rings is 1. The van der Waals surface area contributed by atoms with Crippen molar-refractivity contribution in [1.29, 1.82) is 0 Å². The van der Waals surface area contributed by atoms with Gasteiger partial charge in [-0.25, -0.2) is 0 Å². The molecule has 3 unspecified atom stereocenters. The molecule has 1 aromatic rings. The number of fused-ring (bicyclic) bond motifs is 3. The summed E-state index contributed by atoms with van der Waals surface area (Å²) in [4.78, 5) is 2.58. The molecule has 4 nitrogen and oxygen atoms in total. The van der Waals surface area contributed by atoms with E-state index >= 15 is 0 Å². The Labute approximate surface area is 113 Å². The summed E-state index contributed by atoms with van der Waals surface area (Å²) in [6, 6.07) is 6.81. The van der Waals surface area contributed by atoms with Crippen molar-refractivity contribution in [2.24, 2.45) is 5.92 Å². The van der Waals surface area contributed by atoms with Crippen LogP contribution in [0.4, 0.5) is 0 Å². The molecule has 2 bridgehead atoms.